The molecule has 5 heteroatoms. The predicted octanol–water partition coefficient (Wildman–Crippen LogP) is 3.16. The molecule has 1 N–H and O–H groups in total. The molecule has 18 heavy (non-hydrogen) atoms. The largest absolute Gasteiger partial charge is 0.364 e. The van der Waals surface area contributed by atoms with Crippen LogP contribution in [0, 0.1) is 10.1 Å². The van der Waals surface area contributed by atoms with Crippen molar-refractivity contribution in [2.45, 2.75) is 13.0 Å². The summed E-state index contributed by atoms with van der Waals surface area (Å²) in [5.41, 5.74) is 1.13. The average Bonchev–Trinajstić information content (AvgIpc) is 2.40. The van der Waals surface area contributed by atoms with Gasteiger partial charge in [-0.2, -0.15) is 0 Å². The third-order valence-electron chi connectivity index (χ3n) is 2.62. The minimum Gasteiger partial charge on any atom is -0.364 e. The van der Waals surface area contributed by atoms with E-state index < -0.39 is 4.92 Å². The number of benzene rings is 1. The molecule has 1 aromatic carbocycles. The van der Waals surface area contributed by atoms with E-state index in [2.05, 4.69) is 10.3 Å². The van der Waals surface area contributed by atoms with Gasteiger partial charge in [0, 0.05) is 12.1 Å². The molecule has 0 unspecified atom stereocenters. The Morgan fingerprint density at radius 2 is 1.94 bits per heavy atom. The van der Waals surface area contributed by atoms with Gasteiger partial charge in [0.15, 0.2) is 0 Å². The Labute approximate surface area is 105 Å². The first-order valence-electron chi connectivity index (χ1n) is 5.59. The maximum atomic E-state index is 10.5. The van der Waals surface area contributed by atoms with Gasteiger partial charge in [0.2, 0.25) is 0 Å². The molecule has 0 amide bonds. The molecule has 0 radical (unpaired) electrons. The molecule has 0 saturated heterocycles. The highest BCUT2D eigenvalue weighted by atomic mass is 16.6. The summed E-state index contributed by atoms with van der Waals surface area (Å²) in [6.45, 7) is 2.01. The van der Waals surface area contributed by atoms with Crippen molar-refractivity contribution >= 4 is 11.5 Å². The van der Waals surface area contributed by atoms with E-state index in [9.17, 15) is 10.1 Å². The number of pyridine rings is 1. The Bertz CT molecular complexity index is 526. The van der Waals surface area contributed by atoms with Crippen molar-refractivity contribution in [3.05, 3.63) is 64.3 Å². The lowest BCUT2D eigenvalue weighted by Crippen LogP contribution is -2.07. The van der Waals surface area contributed by atoms with Crippen LogP contribution in [-0.4, -0.2) is 9.91 Å². The molecule has 1 heterocycles. The summed E-state index contributed by atoms with van der Waals surface area (Å²) in [7, 11) is 0. The summed E-state index contributed by atoms with van der Waals surface area (Å²) in [6, 6.07) is 13.1. The normalized spacial score (nSPS) is 11.8. The van der Waals surface area contributed by atoms with Gasteiger partial charge in [-0.25, -0.2) is 4.98 Å². The second-order valence-corrected chi connectivity index (χ2v) is 3.94. The molecule has 0 aliphatic heterocycles. The highest BCUT2D eigenvalue weighted by molar-refractivity contribution is 5.42. The van der Waals surface area contributed by atoms with Crippen LogP contribution >= 0.6 is 0 Å². The van der Waals surface area contributed by atoms with Crippen molar-refractivity contribution in [1.29, 1.82) is 0 Å². The van der Waals surface area contributed by atoms with E-state index in [1.165, 1.54) is 12.3 Å². The van der Waals surface area contributed by atoms with Gasteiger partial charge < -0.3 is 5.32 Å². The fourth-order valence-corrected chi connectivity index (χ4v) is 1.63. The van der Waals surface area contributed by atoms with E-state index in [1.54, 1.807) is 6.07 Å². The Kier molecular flexibility index (Phi) is 3.52. The molecule has 0 saturated carbocycles. The van der Waals surface area contributed by atoms with Crippen LogP contribution < -0.4 is 5.32 Å². The highest BCUT2D eigenvalue weighted by Gasteiger charge is 2.08. The maximum Gasteiger partial charge on any atom is 0.287 e. The molecule has 2 rings (SSSR count). The number of nitrogens with zero attached hydrogens (tertiary/aromatic N) is 2. The van der Waals surface area contributed by atoms with Crippen LogP contribution in [0.15, 0.2) is 48.7 Å². The zero-order valence-corrected chi connectivity index (χ0v) is 9.91. The van der Waals surface area contributed by atoms with Gasteiger partial charge in [0.05, 0.1) is 4.92 Å². The number of nitro groups is 1. The second-order valence-electron chi connectivity index (χ2n) is 3.94. The quantitative estimate of drug-likeness (QED) is 0.661. The molecule has 0 bridgehead atoms. The first-order chi connectivity index (χ1) is 8.66. The summed E-state index contributed by atoms with van der Waals surface area (Å²) in [5, 5.41) is 13.7. The summed E-state index contributed by atoms with van der Waals surface area (Å²) in [5.74, 6) is 0.622. The summed E-state index contributed by atoms with van der Waals surface area (Å²) in [6.07, 6.45) is 1.25. The van der Waals surface area contributed by atoms with Gasteiger partial charge in [-0.1, -0.05) is 30.3 Å². The Balaban J connectivity index is 2.08. The average molecular weight is 243 g/mol. The van der Waals surface area contributed by atoms with Crippen LogP contribution in [0.1, 0.15) is 18.5 Å². The van der Waals surface area contributed by atoms with E-state index in [4.69, 9.17) is 0 Å². The van der Waals surface area contributed by atoms with E-state index in [1.807, 2.05) is 37.3 Å². The molecule has 0 aliphatic rings. The fourth-order valence-electron chi connectivity index (χ4n) is 1.63. The van der Waals surface area contributed by atoms with Crippen LogP contribution in [0.2, 0.25) is 0 Å². The lowest BCUT2D eigenvalue weighted by molar-refractivity contribution is -0.385. The van der Waals surface area contributed by atoms with Crippen LogP contribution in [0.4, 0.5) is 11.5 Å². The molecule has 0 fully saturated rings. The van der Waals surface area contributed by atoms with Crippen LogP contribution in [0.3, 0.4) is 0 Å². The third-order valence-corrected chi connectivity index (χ3v) is 2.62. The van der Waals surface area contributed by atoms with Gasteiger partial charge in [0.1, 0.15) is 12.0 Å². The zero-order chi connectivity index (χ0) is 13.0. The summed E-state index contributed by atoms with van der Waals surface area (Å²) >= 11 is 0. The highest BCUT2D eigenvalue weighted by Crippen LogP contribution is 2.18. The van der Waals surface area contributed by atoms with E-state index in [0.29, 0.717) is 5.82 Å². The van der Waals surface area contributed by atoms with Gasteiger partial charge in [-0.15, -0.1) is 0 Å². The Morgan fingerprint density at radius 1 is 1.22 bits per heavy atom. The third kappa shape index (κ3) is 2.82. The van der Waals surface area contributed by atoms with E-state index >= 15 is 0 Å². The number of nitrogens with one attached hydrogen (secondary N) is 1. The molecule has 0 spiro atoms. The number of hydrogen-bond acceptors (Lipinski definition) is 4. The van der Waals surface area contributed by atoms with Gasteiger partial charge >= 0.3 is 0 Å². The van der Waals surface area contributed by atoms with Gasteiger partial charge in [0.25, 0.3) is 5.69 Å². The molecular weight excluding hydrogens is 230 g/mol. The van der Waals surface area contributed by atoms with Crippen molar-refractivity contribution in [2.24, 2.45) is 0 Å². The minimum atomic E-state index is -0.461. The number of hydrogen-bond donors (Lipinski definition) is 1. The molecule has 92 valence electrons. The van der Waals surface area contributed by atoms with Crippen molar-refractivity contribution in [2.75, 3.05) is 5.32 Å². The fraction of sp³-hybridized carbons (Fsp3) is 0.154. The van der Waals surface area contributed by atoms with Crippen LogP contribution in [0.25, 0.3) is 0 Å². The summed E-state index contributed by atoms with van der Waals surface area (Å²) in [4.78, 5) is 14.1. The molecule has 1 atom stereocenters. The Morgan fingerprint density at radius 3 is 2.50 bits per heavy atom. The number of rotatable bonds is 4. The SMILES string of the molecule is C[C@@H](Nc1ccc([N+](=O)[O-])cn1)c1ccccc1. The van der Waals surface area contributed by atoms with Crippen LogP contribution in [-0.2, 0) is 0 Å². The van der Waals surface area contributed by atoms with Crippen molar-refractivity contribution in [3.63, 3.8) is 0 Å². The zero-order valence-electron chi connectivity index (χ0n) is 9.91. The van der Waals surface area contributed by atoms with Crippen LogP contribution in [0.5, 0.6) is 0 Å². The smallest absolute Gasteiger partial charge is 0.287 e. The number of aromatic nitrogens is 1. The standard InChI is InChI=1S/C13H13N3O2/c1-10(11-5-3-2-4-6-11)15-13-8-7-12(9-14-13)16(17)18/h2-10H,1H3,(H,14,15)/t10-/m1/s1. The van der Waals surface area contributed by atoms with Gasteiger partial charge in [-0.05, 0) is 18.6 Å². The van der Waals surface area contributed by atoms with Crippen molar-refractivity contribution < 1.29 is 4.92 Å². The van der Waals surface area contributed by atoms with Gasteiger partial charge in [-0.3, -0.25) is 10.1 Å². The second kappa shape index (κ2) is 5.27. The lowest BCUT2D eigenvalue weighted by atomic mass is 10.1. The number of anilines is 1. The molecule has 1 aromatic heterocycles. The maximum absolute atomic E-state index is 10.5. The first kappa shape index (κ1) is 12.0. The predicted molar refractivity (Wildman–Crippen MR) is 69.4 cm³/mol. The van der Waals surface area contributed by atoms with E-state index in [-0.39, 0.29) is 11.7 Å². The molecule has 0 aliphatic carbocycles. The van der Waals surface area contributed by atoms with Crippen molar-refractivity contribution in [3.8, 4) is 0 Å². The molecule has 5 nitrogen and oxygen atoms in total. The monoisotopic (exact) mass is 243 g/mol. The first-order valence-corrected chi connectivity index (χ1v) is 5.59. The Hall–Kier alpha value is -2.43. The molecule has 2 aromatic rings. The van der Waals surface area contributed by atoms with Crippen molar-refractivity contribution in [1.82, 2.24) is 4.98 Å². The van der Waals surface area contributed by atoms with E-state index in [0.717, 1.165) is 5.56 Å². The topological polar surface area (TPSA) is 68.1 Å². The minimum absolute atomic E-state index is 0.00656. The lowest BCUT2D eigenvalue weighted by Gasteiger charge is -2.14. The molecular formula is C13H13N3O2. The summed E-state index contributed by atoms with van der Waals surface area (Å²) < 4.78 is 0.